The molecule has 0 fully saturated rings. The van der Waals surface area contributed by atoms with Crippen molar-refractivity contribution in [3.05, 3.63) is 51.7 Å². The lowest BCUT2D eigenvalue weighted by Crippen LogP contribution is -2.39. The van der Waals surface area contributed by atoms with Crippen molar-refractivity contribution in [2.75, 3.05) is 0 Å². The number of halogens is 1. The van der Waals surface area contributed by atoms with Gasteiger partial charge in [0.2, 0.25) is 0 Å². The summed E-state index contributed by atoms with van der Waals surface area (Å²) in [6, 6.07) is 6.76. The Morgan fingerprint density at radius 1 is 1.24 bits per heavy atom. The van der Waals surface area contributed by atoms with Crippen LogP contribution in [0.5, 0.6) is 0 Å². The molecule has 1 aromatic carbocycles. The van der Waals surface area contributed by atoms with Gasteiger partial charge in [0, 0.05) is 28.3 Å². The number of benzene rings is 1. The average molecular weight is 306 g/mol. The van der Waals surface area contributed by atoms with Crippen LogP contribution in [0.25, 0.3) is 0 Å². The molecule has 0 radical (unpaired) electrons. The van der Waals surface area contributed by atoms with E-state index in [-0.39, 0.29) is 11.2 Å². The smallest absolute Gasteiger partial charge is 0.128 e. The molecule has 2 nitrogen and oxygen atoms in total. The van der Waals surface area contributed by atoms with Crippen LogP contribution in [0.3, 0.4) is 0 Å². The highest BCUT2D eigenvalue weighted by Crippen LogP contribution is 2.31. The highest BCUT2D eigenvalue weighted by Gasteiger charge is 2.30. The maximum absolute atomic E-state index is 14.1. The highest BCUT2D eigenvalue weighted by molar-refractivity contribution is 7.09. The predicted molar refractivity (Wildman–Crippen MR) is 87.1 cm³/mol. The van der Waals surface area contributed by atoms with E-state index in [4.69, 9.17) is 5.73 Å². The van der Waals surface area contributed by atoms with Crippen LogP contribution in [0.2, 0.25) is 0 Å². The minimum Gasteiger partial charge on any atom is -0.321 e. The van der Waals surface area contributed by atoms with Gasteiger partial charge in [-0.15, -0.1) is 11.3 Å². The lowest BCUT2D eigenvalue weighted by molar-refractivity contribution is 0.401. The molecule has 2 aromatic rings. The van der Waals surface area contributed by atoms with Gasteiger partial charge in [0.05, 0.1) is 10.7 Å². The van der Waals surface area contributed by atoms with Gasteiger partial charge in [-0.1, -0.05) is 45.9 Å². The van der Waals surface area contributed by atoms with E-state index in [2.05, 4.69) is 31.1 Å². The second-order valence-electron chi connectivity index (χ2n) is 6.54. The second-order valence-corrected chi connectivity index (χ2v) is 7.49. The molecule has 0 aliphatic carbocycles. The number of hydrogen-bond donors (Lipinski definition) is 1. The Labute approximate surface area is 130 Å². The van der Waals surface area contributed by atoms with Gasteiger partial charge in [-0.3, -0.25) is 0 Å². The Hall–Kier alpha value is -1.26. The minimum absolute atomic E-state index is 0.0240. The molecular weight excluding hydrogens is 283 g/mol. The minimum atomic E-state index is -0.710. The molecule has 4 heteroatoms. The third kappa shape index (κ3) is 3.50. The third-order valence-corrected chi connectivity index (χ3v) is 4.68. The van der Waals surface area contributed by atoms with Crippen molar-refractivity contribution >= 4 is 11.3 Å². The normalized spacial score (nSPS) is 15.0. The van der Waals surface area contributed by atoms with E-state index in [1.807, 2.05) is 13.0 Å². The summed E-state index contributed by atoms with van der Waals surface area (Å²) in [5.74, 6) is -0.241. The first kappa shape index (κ1) is 16.1. The van der Waals surface area contributed by atoms with Crippen molar-refractivity contribution < 1.29 is 4.39 Å². The number of rotatable bonds is 4. The van der Waals surface area contributed by atoms with Crippen molar-refractivity contribution in [1.29, 1.82) is 0 Å². The molecule has 21 heavy (non-hydrogen) atoms. The zero-order chi connectivity index (χ0) is 15.7. The van der Waals surface area contributed by atoms with Crippen LogP contribution in [0, 0.1) is 5.82 Å². The Morgan fingerprint density at radius 3 is 2.43 bits per heavy atom. The highest BCUT2D eigenvalue weighted by atomic mass is 32.1. The van der Waals surface area contributed by atoms with Crippen molar-refractivity contribution in [2.45, 2.75) is 51.5 Å². The van der Waals surface area contributed by atoms with Gasteiger partial charge in [-0.25, -0.2) is 9.37 Å². The van der Waals surface area contributed by atoms with E-state index in [9.17, 15) is 4.39 Å². The SMILES string of the molecule is CCC(N)(Cc1nc(C(C)(C)C)cs1)c1ccccc1F. The molecule has 0 saturated carbocycles. The van der Waals surface area contributed by atoms with E-state index >= 15 is 0 Å². The zero-order valence-corrected chi connectivity index (χ0v) is 13.9. The van der Waals surface area contributed by atoms with Gasteiger partial charge in [0.15, 0.2) is 0 Å². The number of thiazole rings is 1. The van der Waals surface area contributed by atoms with Gasteiger partial charge in [0.25, 0.3) is 0 Å². The fraction of sp³-hybridized carbons (Fsp3) is 0.471. The van der Waals surface area contributed by atoms with Crippen molar-refractivity contribution in [3.63, 3.8) is 0 Å². The van der Waals surface area contributed by atoms with Crippen molar-refractivity contribution in [3.8, 4) is 0 Å². The van der Waals surface area contributed by atoms with E-state index in [0.29, 0.717) is 18.4 Å². The van der Waals surface area contributed by atoms with Gasteiger partial charge in [-0.05, 0) is 12.5 Å². The standard InChI is InChI=1S/C17H23FN2S/c1-5-17(19,12-8-6-7-9-13(12)18)10-15-20-14(11-21-15)16(2,3)4/h6-9,11H,5,10,19H2,1-4H3. The predicted octanol–water partition coefficient (Wildman–Crippen LogP) is 4.39. The topological polar surface area (TPSA) is 38.9 Å². The Kier molecular flexibility index (Phi) is 4.49. The Morgan fingerprint density at radius 2 is 1.90 bits per heavy atom. The van der Waals surface area contributed by atoms with Gasteiger partial charge < -0.3 is 5.73 Å². The first-order chi connectivity index (χ1) is 9.76. The summed E-state index contributed by atoms with van der Waals surface area (Å²) in [5, 5.41) is 3.04. The number of aromatic nitrogens is 1. The lowest BCUT2D eigenvalue weighted by Gasteiger charge is -2.28. The molecule has 2 rings (SSSR count). The summed E-state index contributed by atoms with van der Waals surface area (Å²) in [6.45, 7) is 8.40. The van der Waals surface area contributed by atoms with Crippen LogP contribution >= 0.6 is 11.3 Å². The van der Waals surface area contributed by atoms with Crippen LogP contribution in [0.1, 0.15) is 50.4 Å². The van der Waals surface area contributed by atoms with Crippen LogP contribution in [0.15, 0.2) is 29.6 Å². The fourth-order valence-corrected chi connectivity index (χ4v) is 3.43. The van der Waals surface area contributed by atoms with Gasteiger partial charge in [0.1, 0.15) is 5.82 Å². The summed E-state index contributed by atoms with van der Waals surface area (Å²) in [4.78, 5) is 4.69. The van der Waals surface area contributed by atoms with Crippen LogP contribution in [0.4, 0.5) is 4.39 Å². The number of nitrogens with two attached hydrogens (primary N) is 1. The van der Waals surface area contributed by atoms with Crippen LogP contribution < -0.4 is 5.73 Å². The van der Waals surface area contributed by atoms with E-state index in [0.717, 1.165) is 10.7 Å². The molecule has 0 amide bonds. The number of nitrogens with zero attached hydrogens (tertiary/aromatic N) is 1. The quantitative estimate of drug-likeness (QED) is 0.910. The molecule has 1 atom stereocenters. The largest absolute Gasteiger partial charge is 0.321 e. The van der Waals surface area contributed by atoms with Crippen LogP contribution in [-0.4, -0.2) is 4.98 Å². The van der Waals surface area contributed by atoms with Crippen molar-refractivity contribution in [1.82, 2.24) is 4.98 Å². The number of hydrogen-bond acceptors (Lipinski definition) is 3. The molecule has 0 aliphatic heterocycles. The molecule has 2 N–H and O–H groups in total. The molecule has 1 heterocycles. The summed E-state index contributed by atoms with van der Waals surface area (Å²) >= 11 is 1.61. The maximum Gasteiger partial charge on any atom is 0.128 e. The summed E-state index contributed by atoms with van der Waals surface area (Å²) < 4.78 is 14.1. The lowest BCUT2D eigenvalue weighted by atomic mass is 9.85. The molecule has 0 bridgehead atoms. The third-order valence-electron chi connectivity index (χ3n) is 3.83. The molecule has 0 aliphatic rings. The second kappa shape index (κ2) is 5.85. The van der Waals surface area contributed by atoms with Crippen molar-refractivity contribution in [2.24, 2.45) is 5.73 Å². The molecule has 1 unspecified atom stereocenters. The molecule has 0 saturated heterocycles. The van der Waals surface area contributed by atoms with E-state index in [1.54, 1.807) is 23.5 Å². The monoisotopic (exact) mass is 306 g/mol. The zero-order valence-electron chi connectivity index (χ0n) is 13.1. The molecule has 1 aromatic heterocycles. The van der Waals surface area contributed by atoms with E-state index < -0.39 is 5.54 Å². The average Bonchev–Trinajstić information content (AvgIpc) is 2.87. The fourth-order valence-electron chi connectivity index (χ4n) is 2.28. The maximum atomic E-state index is 14.1. The molecule has 114 valence electrons. The van der Waals surface area contributed by atoms with Gasteiger partial charge >= 0.3 is 0 Å². The summed E-state index contributed by atoms with van der Waals surface area (Å²) in [7, 11) is 0. The Bertz CT molecular complexity index is 615. The van der Waals surface area contributed by atoms with E-state index in [1.165, 1.54) is 6.07 Å². The molecule has 0 spiro atoms. The molecular formula is C17H23FN2S. The first-order valence-electron chi connectivity index (χ1n) is 7.25. The Balaban J connectivity index is 2.31. The summed E-state index contributed by atoms with van der Waals surface area (Å²) in [6.07, 6.45) is 1.23. The van der Waals surface area contributed by atoms with Gasteiger partial charge in [-0.2, -0.15) is 0 Å². The van der Waals surface area contributed by atoms with Crippen LogP contribution in [-0.2, 0) is 17.4 Å². The summed E-state index contributed by atoms with van der Waals surface area (Å²) in [5.41, 5.74) is 7.44. The first-order valence-corrected chi connectivity index (χ1v) is 8.13.